The highest BCUT2D eigenvalue weighted by Crippen LogP contribution is 2.40. The van der Waals surface area contributed by atoms with Gasteiger partial charge >= 0.3 is 11.9 Å². The van der Waals surface area contributed by atoms with Gasteiger partial charge in [-0.25, -0.2) is 9.59 Å². The summed E-state index contributed by atoms with van der Waals surface area (Å²) in [6, 6.07) is 13.2. The minimum absolute atomic E-state index is 0.0638. The third kappa shape index (κ3) is 7.67. The van der Waals surface area contributed by atoms with E-state index in [0.29, 0.717) is 42.2 Å². The highest BCUT2D eigenvalue weighted by molar-refractivity contribution is 6.00. The van der Waals surface area contributed by atoms with Gasteiger partial charge in [-0.3, -0.25) is 10.1 Å². The monoisotopic (exact) mass is 538 g/mol. The number of carbonyl (C=O) groups excluding carboxylic acids is 2. The maximum atomic E-state index is 13.4. The molecule has 1 heterocycles. The number of allylic oxidation sites excluding steroid dienone is 2. The van der Waals surface area contributed by atoms with Crippen LogP contribution in [-0.4, -0.2) is 47.9 Å². The van der Waals surface area contributed by atoms with Crippen LogP contribution in [0, 0.1) is 10.1 Å². The molecule has 0 radical (unpaired) electrons. The number of nitrogens with one attached hydrogen (secondary N) is 1. The van der Waals surface area contributed by atoms with Gasteiger partial charge in [0.05, 0.1) is 41.3 Å². The lowest BCUT2D eigenvalue weighted by Crippen LogP contribution is -2.33. The Morgan fingerprint density at radius 2 is 1.69 bits per heavy atom. The predicted molar refractivity (Wildman–Crippen MR) is 144 cm³/mol. The van der Waals surface area contributed by atoms with Gasteiger partial charge in [0.1, 0.15) is 5.75 Å². The summed E-state index contributed by atoms with van der Waals surface area (Å²) in [4.78, 5) is 37.4. The first-order valence-corrected chi connectivity index (χ1v) is 12.8. The third-order valence-corrected chi connectivity index (χ3v) is 6.07. The molecule has 0 fully saturated rings. The maximum Gasteiger partial charge on any atom is 0.337 e. The first-order valence-electron chi connectivity index (χ1n) is 12.8. The molecular formula is C29H34N2O8. The quantitative estimate of drug-likeness (QED) is 0.175. The van der Waals surface area contributed by atoms with E-state index < -0.39 is 28.9 Å². The average Bonchev–Trinajstić information content (AvgIpc) is 2.88. The average molecular weight is 539 g/mol. The minimum Gasteiger partial charge on any atom is -0.493 e. The van der Waals surface area contributed by atoms with Crippen LogP contribution in [0.1, 0.15) is 51.2 Å². The lowest BCUT2D eigenvalue weighted by Gasteiger charge is -2.30. The standard InChI is InChI=1S/C29H34N2O8/c1-18(2)39-29(34)26-20(4)30-19(3)25(27(26)22-7-5-8-23(17-22)31(35)36)28(33)38-16-6-15-37-24-11-9-21(10-12-24)13-14-32/h5,7-12,17-18,27,30,32H,6,13-16H2,1-4H3. The first-order chi connectivity index (χ1) is 18.6. The molecule has 39 heavy (non-hydrogen) atoms. The summed E-state index contributed by atoms with van der Waals surface area (Å²) in [7, 11) is 0. The smallest absolute Gasteiger partial charge is 0.337 e. The van der Waals surface area contributed by atoms with E-state index in [2.05, 4.69) is 5.32 Å². The Morgan fingerprint density at radius 1 is 1.03 bits per heavy atom. The number of hydrogen-bond donors (Lipinski definition) is 2. The summed E-state index contributed by atoms with van der Waals surface area (Å²) < 4.78 is 16.7. The Hall–Kier alpha value is -4.18. The van der Waals surface area contributed by atoms with Crippen LogP contribution in [0.4, 0.5) is 5.69 Å². The number of nitro benzene ring substituents is 1. The van der Waals surface area contributed by atoms with Crippen molar-refractivity contribution in [3.05, 3.63) is 92.3 Å². The van der Waals surface area contributed by atoms with E-state index in [1.54, 1.807) is 33.8 Å². The predicted octanol–water partition coefficient (Wildman–Crippen LogP) is 4.33. The molecule has 1 unspecified atom stereocenters. The highest BCUT2D eigenvalue weighted by atomic mass is 16.6. The van der Waals surface area contributed by atoms with E-state index in [4.69, 9.17) is 19.3 Å². The van der Waals surface area contributed by atoms with Crippen LogP contribution in [-0.2, 0) is 25.5 Å². The molecule has 0 saturated heterocycles. The molecule has 1 aliphatic heterocycles. The first kappa shape index (κ1) is 29.4. The van der Waals surface area contributed by atoms with Crippen molar-refractivity contribution in [1.82, 2.24) is 5.32 Å². The SMILES string of the molecule is CC1=C(C(=O)OCCCOc2ccc(CCO)cc2)C(c2cccc([N+](=O)[O-])c2)C(C(=O)OC(C)C)=C(C)N1. The van der Waals surface area contributed by atoms with Gasteiger partial charge in [0, 0.05) is 36.6 Å². The minimum atomic E-state index is -0.918. The van der Waals surface area contributed by atoms with Crippen LogP contribution in [0.25, 0.3) is 0 Å². The summed E-state index contributed by atoms with van der Waals surface area (Å²) in [6.07, 6.45) is 0.586. The molecule has 1 aliphatic rings. The summed E-state index contributed by atoms with van der Waals surface area (Å²) in [5.41, 5.74) is 2.58. The largest absolute Gasteiger partial charge is 0.493 e. The topological polar surface area (TPSA) is 137 Å². The number of aliphatic hydroxyl groups is 1. The van der Waals surface area contributed by atoms with Crippen molar-refractivity contribution >= 4 is 17.6 Å². The number of benzene rings is 2. The molecule has 0 aliphatic carbocycles. The molecule has 0 spiro atoms. The van der Waals surface area contributed by atoms with Crippen molar-refractivity contribution in [3.63, 3.8) is 0 Å². The maximum absolute atomic E-state index is 13.4. The van der Waals surface area contributed by atoms with E-state index in [1.165, 1.54) is 18.2 Å². The fourth-order valence-electron chi connectivity index (χ4n) is 4.34. The summed E-state index contributed by atoms with van der Waals surface area (Å²) in [5.74, 6) is -1.52. The van der Waals surface area contributed by atoms with Crippen LogP contribution in [0.2, 0.25) is 0 Å². The lowest BCUT2D eigenvalue weighted by molar-refractivity contribution is -0.384. The van der Waals surface area contributed by atoms with Crippen molar-refractivity contribution < 1.29 is 33.8 Å². The second kappa shape index (κ2) is 13.6. The van der Waals surface area contributed by atoms with Gasteiger partial charge in [0.25, 0.3) is 5.69 Å². The van der Waals surface area contributed by atoms with E-state index in [-0.39, 0.29) is 30.0 Å². The number of hydrogen-bond acceptors (Lipinski definition) is 9. The molecule has 10 nitrogen and oxygen atoms in total. The number of rotatable bonds is 12. The van der Waals surface area contributed by atoms with Crippen LogP contribution in [0.15, 0.2) is 71.1 Å². The van der Waals surface area contributed by atoms with Crippen LogP contribution in [0.5, 0.6) is 5.75 Å². The molecule has 0 saturated carbocycles. The molecule has 0 bridgehead atoms. The number of ether oxygens (including phenoxy) is 3. The van der Waals surface area contributed by atoms with E-state index in [0.717, 1.165) is 5.56 Å². The molecule has 10 heteroatoms. The summed E-state index contributed by atoms with van der Waals surface area (Å²) in [5, 5.41) is 23.5. The second-order valence-corrected chi connectivity index (χ2v) is 9.40. The van der Waals surface area contributed by atoms with E-state index in [1.807, 2.05) is 24.3 Å². The van der Waals surface area contributed by atoms with Gasteiger partial charge in [0.2, 0.25) is 0 Å². The van der Waals surface area contributed by atoms with E-state index >= 15 is 0 Å². The third-order valence-electron chi connectivity index (χ3n) is 6.07. The number of non-ortho nitro benzene ring substituents is 1. The van der Waals surface area contributed by atoms with Gasteiger partial charge in [-0.1, -0.05) is 24.3 Å². The normalized spacial score (nSPS) is 15.2. The van der Waals surface area contributed by atoms with Crippen molar-refractivity contribution in [2.24, 2.45) is 0 Å². The molecule has 208 valence electrons. The molecular weight excluding hydrogens is 504 g/mol. The van der Waals surface area contributed by atoms with Crippen LogP contribution in [0.3, 0.4) is 0 Å². The Balaban J connectivity index is 1.77. The van der Waals surface area contributed by atoms with Gasteiger partial charge in [0.15, 0.2) is 0 Å². The number of aliphatic hydroxyl groups excluding tert-OH is 1. The molecule has 2 aromatic carbocycles. The van der Waals surface area contributed by atoms with Gasteiger partial charge in [-0.15, -0.1) is 0 Å². The second-order valence-electron chi connectivity index (χ2n) is 9.40. The zero-order valence-corrected chi connectivity index (χ0v) is 22.6. The van der Waals surface area contributed by atoms with Gasteiger partial charge in [-0.2, -0.15) is 0 Å². The zero-order chi connectivity index (χ0) is 28.5. The van der Waals surface area contributed by atoms with Gasteiger partial charge in [-0.05, 0) is 57.4 Å². The number of esters is 2. The van der Waals surface area contributed by atoms with Crippen molar-refractivity contribution in [2.45, 2.75) is 52.6 Å². The molecule has 3 rings (SSSR count). The fourth-order valence-corrected chi connectivity index (χ4v) is 4.34. The van der Waals surface area contributed by atoms with Crippen molar-refractivity contribution in [3.8, 4) is 5.75 Å². The molecule has 1 atom stereocenters. The molecule has 0 amide bonds. The van der Waals surface area contributed by atoms with Crippen LogP contribution < -0.4 is 10.1 Å². The number of dihydropyridines is 1. The number of nitro groups is 1. The highest BCUT2D eigenvalue weighted by Gasteiger charge is 2.38. The Bertz CT molecular complexity index is 1260. The van der Waals surface area contributed by atoms with Crippen molar-refractivity contribution in [1.29, 1.82) is 0 Å². The molecule has 0 aromatic heterocycles. The van der Waals surface area contributed by atoms with E-state index in [9.17, 15) is 19.7 Å². The lowest BCUT2D eigenvalue weighted by atomic mass is 9.80. The number of nitrogens with zero attached hydrogens (tertiary/aromatic N) is 1. The summed E-state index contributed by atoms with van der Waals surface area (Å²) in [6.45, 7) is 7.27. The zero-order valence-electron chi connectivity index (χ0n) is 22.6. The molecule has 2 N–H and O–H groups in total. The molecule has 2 aromatic rings. The number of carbonyl (C=O) groups is 2. The fraction of sp³-hybridized carbons (Fsp3) is 0.379. The van der Waals surface area contributed by atoms with Gasteiger partial charge < -0.3 is 24.6 Å². The summed E-state index contributed by atoms with van der Waals surface area (Å²) >= 11 is 0. The Labute approximate surface area is 227 Å². The van der Waals surface area contributed by atoms with Crippen molar-refractivity contribution in [2.75, 3.05) is 19.8 Å². The van der Waals surface area contributed by atoms with Crippen LogP contribution >= 0.6 is 0 Å². The Kier molecular flexibility index (Phi) is 10.2. The Morgan fingerprint density at radius 3 is 2.31 bits per heavy atom.